The van der Waals surface area contributed by atoms with Gasteiger partial charge in [0.05, 0.1) is 20.3 Å². The van der Waals surface area contributed by atoms with E-state index in [1.54, 1.807) is 7.11 Å². The summed E-state index contributed by atoms with van der Waals surface area (Å²) in [5, 5.41) is 3.37. The minimum atomic E-state index is 0.468. The summed E-state index contributed by atoms with van der Waals surface area (Å²) in [5.74, 6) is 2.05. The van der Waals surface area contributed by atoms with Crippen molar-refractivity contribution in [1.82, 2.24) is 5.32 Å². The number of hydrogen-bond acceptors (Lipinski definition) is 3. The largest absolute Gasteiger partial charge is 0.493 e. The molecule has 1 fully saturated rings. The molecular weight excluding hydrogens is 302 g/mol. The molecule has 1 saturated carbocycles. The number of nitrogens with one attached hydrogen (secondary N) is 1. The first-order chi connectivity index (χ1) is 11.7. The topological polar surface area (TPSA) is 68.9 Å². The quantitative estimate of drug-likeness (QED) is 0.454. The molecule has 0 aliphatic heterocycles. The highest BCUT2D eigenvalue weighted by atomic mass is 16.5. The zero-order valence-corrected chi connectivity index (χ0v) is 15.0. The lowest BCUT2D eigenvalue weighted by Crippen LogP contribution is -2.39. The molecule has 0 amide bonds. The summed E-state index contributed by atoms with van der Waals surface area (Å²) >= 11 is 0. The van der Waals surface area contributed by atoms with Crippen LogP contribution in [-0.2, 0) is 6.54 Å². The highest BCUT2D eigenvalue weighted by Gasteiger charge is 2.12. The van der Waals surface area contributed by atoms with Crippen LogP contribution in [0.5, 0.6) is 11.5 Å². The Morgan fingerprint density at radius 2 is 1.96 bits per heavy atom. The highest BCUT2D eigenvalue weighted by Crippen LogP contribution is 2.28. The zero-order valence-electron chi connectivity index (χ0n) is 15.0. The molecule has 0 heterocycles. The number of aliphatic imine (C=N–C) groups is 1. The van der Waals surface area contributed by atoms with Crippen LogP contribution in [0.15, 0.2) is 23.2 Å². The summed E-state index contributed by atoms with van der Waals surface area (Å²) in [4.78, 5) is 4.47. The molecule has 0 unspecified atom stereocenters. The summed E-state index contributed by atoms with van der Waals surface area (Å²) in [6.45, 7) is 3.31. The number of methoxy groups -OCH3 is 1. The van der Waals surface area contributed by atoms with Crippen LogP contribution in [0.25, 0.3) is 0 Å². The molecule has 0 bridgehead atoms. The molecule has 0 radical (unpaired) electrons. The monoisotopic (exact) mass is 333 g/mol. The molecular formula is C19H31N3O2. The number of hydrogen-bond donors (Lipinski definition) is 2. The smallest absolute Gasteiger partial charge is 0.189 e. The van der Waals surface area contributed by atoms with Gasteiger partial charge in [-0.25, -0.2) is 4.99 Å². The van der Waals surface area contributed by atoms with Gasteiger partial charge in [-0.1, -0.05) is 38.7 Å². The summed E-state index contributed by atoms with van der Waals surface area (Å²) in [6, 6.07) is 6.38. The molecule has 0 atom stereocenters. The first-order valence-electron chi connectivity index (χ1n) is 9.09. The average molecular weight is 333 g/mol. The van der Waals surface area contributed by atoms with Crippen LogP contribution in [-0.4, -0.2) is 25.7 Å². The fraction of sp³-hybridized carbons (Fsp3) is 0.632. The first kappa shape index (κ1) is 18.4. The second kappa shape index (κ2) is 10.1. The lowest BCUT2D eigenvalue weighted by atomic mass is 10.1. The first-order valence-corrected chi connectivity index (χ1v) is 9.09. The predicted octanol–water partition coefficient (Wildman–Crippen LogP) is 3.61. The van der Waals surface area contributed by atoms with Gasteiger partial charge in [-0.15, -0.1) is 0 Å². The molecule has 0 spiro atoms. The average Bonchev–Trinajstić information content (AvgIpc) is 2.87. The maximum Gasteiger partial charge on any atom is 0.189 e. The van der Waals surface area contributed by atoms with Gasteiger partial charge in [0.2, 0.25) is 0 Å². The molecule has 1 aromatic rings. The van der Waals surface area contributed by atoms with Crippen LogP contribution in [0.3, 0.4) is 0 Å². The highest BCUT2D eigenvalue weighted by molar-refractivity contribution is 5.78. The summed E-state index contributed by atoms with van der Waals surface area (Å²) in [7, 11) is 1.66. The summed E-state index contributed by atoms with van der Waals surface area (Å²) in [5.41, 5.74) is 7.11. The molecule has 1 aliphatic carbocycles. The zero-order chi connectivity index (χ0) is 17.2. The van der Waals surface area contributed by atoms with E-state index in [0.717, 1.165) is 23.5 Å². The van der Waals surface area contributed by atoms with Crippen molar-refractivity contribution in [3.63, 3.8) is 0 Å². The lowest BCUT2D eigenvalue weighted by molar-refractivity contribution is 0.294. The van der Waals surface area contributed by atoms with E-state index in [2.05, 4.69) is 17.2 Å². The third kappa shape index (κ3) is 5.95. The maximum atomic E-state index is 6.05. The van der Waals surface area contributed by atoms with Crippen molar-refractivity contribution in [2.45, 2.75) is 64.5 Å². The van der Waals surface area contributed by atoms with Crippen molar-refractivity contribution in [2.75, 3.05) is 13.7 Å². The molecule has 1 aromatic carbocycles. The van der Waals surface area contributed by atoms with Crippen LogP contribution in [0.2, 0.25) is 0 Å². The second-order valence-corrected chi connectivity index (χ2v) is 6.37. The van der Waals surface area contributed by atoms with Gasteiger partial charge in [-0.2, -0.15) is 0 Å². The minimum absolute atomic E-state index is 0.468. The van der Waals surface area contributed by atoms with Gasteiger partial charge in [0.15, 0.2) is 17.5 Å². The minimum Gasteiger partial charge on any atom is -0.493 e. The van der Waals surface area contributed by atoms with Crippen molar-refractivity contribution in [3.05, 3.63) is 23.8 Å². The van der Waals surface area contributed by atoms with Crippen molar-refractivity contribution in [1.29, 1.82) is 0 Å². The fourth-order valence-electron chi connectivity index (χ4n) is 3.00. The van der Waals surface area contributed by atoms with Crippen molar-refractivity contribution >= 4 is 5.96 Å². The molecule has 24 heavy (non-hydrogen) atoms. The Labute approximate surface area is 145 Å². The van der Waals surface area contributed by atoms with E-state index in [1.165, 1.54) is 38.5 Å². The van der Waals surface area contributed by atoms with Gasteiger partial charge in [0, 0.05) is 6.04 Å². The summed E-state index contributed by atoms with van der Waals surface area (Å²) in [6.07, 6.45) is 8.57. The maximum absolute atomic E-state index is 6.05. The molecule has 0 saturated heterocycles. The number of guanidine groups is 1. The Kier molecular flexibility index (Phi) is 7.72. The summed E-state index contributed by atoms with van der Waals surface area (Å²) < 4.78 is 11.1. The third-order valence-corrected chi connectivity index (χ3v) is 4.33. The number of nitrogens with two attached hydrogens (primary N) is 1. The fourth-order valence-corrected chi connectivity index (χ4v) is 3.00. The number of rotatable bonds is 7. The van der Waals surface area contributed by atoms with E-state index in [0.29, 0.717) is 25.2 Å². The van der Waals surface area contributed by atoms with E-state index in [4.69, 9.17) is 15.2 Å². The van der Waals surface area contributed by atoms with Crippen LogP contribution in [0.4, 0.5) is 0 Å². The van der Waals surface area contributed by atoms with Crippen LogP contribution in [0, 0.1) is 0 Å². The van der Waals surface area contributed by atoms with E-state index in [1.807, 2.05) is 18.2 Å². The third-order valence-electron chi connectivity index (χ3n) is 4.33. The molecule has 134 valence electrons. The SMILES string of the molecule is CCCOc1ccc(CN=C(N)NC2CCCCCC2)cc1OC. The Morgan fingerprint density at radius 3 is 2.62 bits per heavy atom. The Bertz CT molecular complexity index is 523. The van der Waals surface area contributed by atoms with Crippen LogP contribution < -0.4 is 20.5 Å². The van der Waals surface area contributed by atoms with Crippen LogP contribution >= 0.6 is 0 Å². The van der Waals surface area contributed by atoms with Crippen molar-refractivity contribution < 1.29 is 9.47 Å². The molecule has 2 rings (SSSR count). The number of nitrogens with zero attached hydrogens (tertiary/aromatic N) is 1. The van der Waals surface area contributed by atoms with Gasteiger partial charge in [0.25, 0.3) is 0 Å². The second-order valence-electron chi connectivity index (χ2n) is 6.37. The Balaban J connectivity index is 1.91. The van der Waals surface area contributed by atoms with E-state index in [9.17, 15) is 0 Å². The Hall–Kier alpha value is -1.91. The van der Waals surface area contributed by atoms with Crippen LogP contribution in [0.1, 0.15) is 57.4 Å². The molecule has 1 aliphatic rings. The van der Waals surface area contributed by atoms with Gasteiger partial charge in [-0.3, -0.25) is 0 Å². The standard InChI is InChI=1S/C19H31N3O2/c1-3-12-24-17-11-10-15(13-18(17)23-2)14-21-19(20)22-16-8-6-4-5-7-9-16/h10-11,13,16H,3-9,12,14H2,1-2H3,(H3,20,21,22). The van der Waals surface area contributed by atoms with E-state index >= 15 is 0 Å². The van der Waals surface area contributed by atoms with E-state index < -0.39 is 0 Å². The number of ether oxygens (including phenoxy) is 2. The Morgan fingerprint density at radius 1 is 1.21 bits per heavy atom. The molecule has 5 nitrogen and oxygen atoms in total. The van der Waals surface area contributed by atoms with E-state index in [-0.39, 0.29) is 0 Å². The van der Waals surface area contributed by atoms with Gasteiger partial charge in [0.1, 0.15) is 0 Å². The van der Waals surface area contributed by atoms with Gasteiger partial charge in [-0.05, 0) is 37.0 Å². The number of benzene rings is 1. The normalized spacial score (nSPS) is 16.5. The lowest BCUT2D eigenvalue weighted by Gasteiger charge is -2.16. The molecule has 5 heteroatoms. The van der Waals surface area contributed by atoms with Crippen molar-refractivity contribution in [3.8, 4) is 11.5 Å². The predicted molar refractivity (Wildman–Crippen MR) is 98.7 cm³/mol. The van der Waals surface area contributed by atoms with Gasteiger partial charge >= 0.3 is 0 Å². The molecule has 0 aromatic heterocycles. The van der Waals surface area contributed by atoms with Gasteiger partial charge < -0.3 is 20.5 Å². The van der Waals surface area contributed by atoms with Crippen molar-refractivity contribution in [2.24, 2.45) is 10.7 Å². The molecule has 3 N–H and O–H groups in total.